The van der Waals surface area contributed by atoms with Crippen molar-refractivity contribution in [3.05, 3.63) is 147 Å². The van der Waals surface area contributed by atoms with Gasteiger partial charge in [-0.25, -0.2) is 0 Å². The topological polar surface area (TPSA) is 0 Å². The molecule has 2 aliphatic heterocycles. The van der Waals surface area contributed by atoms with E-state index in [1.807, 2.05) is 0 Å². The number of hydrogen-bond donors (Lipinski definition) is 0. The summed E-state index contributed by atoms with van der Waals surface area (Å²) in [6.07, 6.45) is 0. The third kappa shape index (κ3) is 3.56. The normalized spacial score (nSPS) is 16.9. The number of hydrogen-bond acceptors (Lipinski definition) is 0. The van der Waals surface area contributed by atoms with Crippen LogP contribution in [0.1, 0.15) is 66.7 Å². The molecule has 0 radical (unpaired) electrons. The standard InChI is InChI=1S/C38H35Si/c1-22-18-24(3)34(25(4)19-22)32-16-11-17-33(35-26(5)20-23(2)21-27(35)6)38(32)39-36-28-12-7-8-13-29(28)37(39)31-15-10-9-14-30(31)36/h7-21,36-37H,1-6H3/q+1. The molecule has 0 nitrogen and oxygen atoms in total. The van der Waals surface area contributed by atoms with Crippen molar-refractivity contribution in [1.82, 2.24) is 0 Å². The van der Waals surface area contributed by atoms with Gasteiger partial charge in [-0.2, -0.15) is 0 Å². The molecule has 0 saturated carbocycles. The van der Waals surface area contributed by atoms with Crippen LogP contribution in [0.2, 0.25) is 0 Å². The first kappa shape index (κ1) is 24.4. The molecule has 5 aromatic rings. The predicted molar refractivity (Wildman–Crippen MR) is 168 cm³/mol. The molecule has 0 unspecified atom stereocenters. The van der Waals surface area contributed by atoms with E-state index >= 15 is 0 Å². The van der Waals surface area contributed by atoms with Crippen LogP contribution < -0.4 is 5.19 Å². The molecule has 0 N–H and O–H groups in total. The van der Waals surface area contributed by atoms with Crippen LogP contribution in [0.15, 0.2) is 91.0 Å². The Balaban J connectivity index is 1.59. The van der Waals surface area contributed by atoms with Crippen LogP contribution in [-0.4, -0.2) is 8.80 Å². The molecule has 0 aliphatic carbocycles. The molecule has 7 rings (SSSR count). The first-order valence-corrected chi connectivity index (χ1v) is 15.8. The van der Waals surface area contributed by atoms with E-state index in [9.17, 15) is 0 Å². The quantitative estimate of drug-likeness (QED) is 0.209. The van der Waals surface area contributed by atoms with Crippen LogP contribution in [0.5, 0.6) is 0 Å². The zero-order chi connectivity index (χ0) is 27.0. The van der Waals surface area contributed by atoms with Crippen LogP contribution >= 0.6 is 0 Å². The molecular formula is C38H35Si+. The van der Waals surface area contributed by atoms with Gasteiger partial charge in [0.05, 0.1) is 0 Å². The highest BCUT2D eigenvalue weighted by atomic mass is 28.3. The predicted octanol–water partition coefficient (Wildman–Crippen LogP) is 8.94. The monoisotopic (exact) mass is 519 g/mol. The van der Waals surface area contributed by atoms with Crippen molar-refractivity contribution in [2.24, 2.45) is 0 Å². The molecule has 5 aromatic carbocycles. The van der Waals surface area contributed by atoms with E-state index in [1.165, 1.54) is 55.6 Å². The largest absolute Gasteiger partial charge is 0.379 e. The molecule has 0 amide bonds. The molecule has 0 atom stereocenters. The summed E-state index contributed by atoms with van der Waals surface area (Å²) in [4.78, 5) is 0. The minimum absolute atomic E-state index is 0.476. The Kier molecular flexibility index (Phi) is 5.58. The lowest BCUT2D eigenvalue weighted by Crippen LogP contribution is -2.38. The fraction of sp³-hybridized carbons (Fsp3) is 0.211. The minimum Gasteiger partial charge on any atom is -0.0618 e. The fourth-order valence-corrected chi connectivity index (χ4v) is 12.4. The molecule has 0 spiro atoms. The highest BCUT2D eigenvalue weighted by Gasteiger charge is 2.64. The van der Waals surface area contributed by atoms with Gasteiger partial charge < -0.3 is 0 Å². The number of rotatable bonds is 3. The van der Waals surface area contributed by atoms with Gasteiger partial charge >= 0.3 is 8.80 Å². The van der Waals surface area contributed by atoms with Crippen LogP contribution in [0.4, 0.5) is 0 Å². The smallest absolute Gasteiger partial charge is 0.0618 e. The number of fused-ring (bicyclic) bond motifs is 8. The van der Waals surface area contributed by atoms with Crippen LogP contribution in [0.3, 0.4) is 0 Å². The van der Waals surface area contributed by atoms with Gasteiger partial charge in [0.1, 0.15) is 16.3 Å². The number of aryl methyl sites for hydroxylation is 6. The van der Waals surface area contributed by atoms with E-state index in [0.29, 0.717) is 11.1 Å². The number of benzene rings is 5. The van der Waals surface area contributed by atoms with E-state index in [0.717, 1.165) is 0 Å². The third-order valence-electron chi connectivity index (χ3n) is 9.10. The lowest BCUT2D eigenvalue weighted by molar-refractivity contribution is 1.04. The Bertz CT molecular complexity index is 1570. The first-order chi connectivity index (χ1) is 18.8. The summed E-state index contributed by atoms with van der Waals surface area (Å²) in [5.41, 5.74) is 21.2. The highest BCUT2D eigenvalue weighted by Crippen LogP contribution is 2.56. The van der Waals surface area contributed by atoms with Gasteiger partial charge in [0.2, 0.25) is 0 Å². The molecule has 2 aliphatic rings. The Labute approximate surface area is 235 Å². The van der Waals surface area contributed by atoms with Gasteiger partial charge in [-0.1, -0.05) is 102 Å². The molecule has 0 fully saturated rings. The Morgan fingerprint density at radius 3 is 1.10 bits per heavy atom. The molecule has 0 aromatic heterocycles. The summed E-state index contributed by atoms with van der Waals surface area (Å²) in [5, 5.41) is 1.62. The molecule has 1 heteroatoms. The maximum absolute atomic E-state index is 2.42. The van der Waals surface area contributed by atoms with Crippen LogP contribution in [-0.2, 0) is 0 Å². The van der Waals surface area contributed by atoms with E-state index in [4.69, 9.17) is 0 Å². The van der Waals surface area contributed by atoms with Gasteiger partial charge in [-0.05, 0) is 97.2 Å². The zero-order valence-electron chi connectivity index (χ0n) is 23.8. The summed E-state index contributed by atoms with van der Waals surface area (Å²) >= 11 is 0. The Hall–Kier alpha value is -3.68. The fourth-order valence-electron chi connectivity index (χ4n) is 8.02. The lowest BCUT2D eigenvalue weighted by atomic mass is 9.86. The van der Waals surface area contributed by atoms with Crippen molar-refractivity contribution in [3.63, 3.8) is 0 Å². The van der Waals surface area contributed by atoms with Gasteiger partial charge in [-0.3, -0.25) is 0 Å². The average Bonchev–Trinajstić information content (AvgIpc) is 3.40. The minimum atomic E-state index is -1.09. The second-order valence-corrected chi connectivity index (χ2v) is 14.4. The maximum atomic E-state index is 2.42. The van der Waals surface area contributed by atoms with Crippen molar-refractivity contribution >= 4 is 14.0 Å². The summed E-state index contributed by atoms with van der Waals surface area (Å²) in [6.45, 7) is 13.7. The summed E-state index contributed by atoms with van der Waals surface area (Å²) < 4.78 is 0. The molecule has 2 heterocycles. The summed E-state index contributed by atoms with van der Waals surface area (Å²) in [6, 6.07) is 35.3. The summed E-state index contributed by atoms with van der Waals surface area (Å²) in [5.74, 6) is 0. The van der Waals surface area contributed by atoms with E-state index in [2.05, 4.69) is 133 Å². The first-order valence-electron chi connectivity index (χ1n) is 14.2. The highest BCUT2D eigenvalue weighted by molar-refractivity contribution is 6.81. The van der Waals surface area contributed by atoms with Crippen LogP contribution in [0.25, 0.3) is 22.3 Å². The van der Waals surface area contributed by atoms with Gasteiger partial charge in [0, 0.05) is 11.1 Å². The molecule has 2 bridgehead atoms. The third-order valence-corrected chi connectivity index (χ3v) is 12.7. The van der Waals surface area contributed by atoms with Crippen molar-refractivity contribution in [3.8, 4) is 22.3 Å². The summed E-state index contributed by atoms with van der Waals surface area (Å²) in [7, 11) is -1.09. The van der Waals surface area contributed by atoms with E-state index in [-0.39, 0.29) is 0 Å². The van der Waals surface area contributed by atoms with E-state index in [1.54, 1.807) is 27.4 Å². The van der Waals surface area contributed by atoms with Crippen molar-refractivity contribution in [2.75, 3.05) is 0 Å². The average molecular weight is 520 g/mol. The Morgan fingerprint density at radius 2 is 0.769 bits per heavy atom. The molecule has 39 heavy (non-hydrogen) atoms. The second kappa shape index (κ2) is 8.93. The van der Waals surface area contributed by atoms with Crippen molar-refractivity contribution in [1.29, 1.82) is 0 Å². The van der Waals surface area contributed by atoms with Crippen LogP contribution in [0, 0.1) is 41.5 Å². The SMILES string of the molecule is Cc1cc(C)c(-c2cccc(-c3c(C)cc(C)cc3C)c2[Si+]2C3c4ccccc4C2c2ccccc23)c(C)c1. The van der Waals surface area contributed by atoms with Crippen molar-refractivity contribution < 1.29 is 0 Å². The van der Waals surface area contributed by atoms with Gasteiger partial charge in [0.25, 0.3) is 0 Å². The molecular weight excluding hydrogens is 485 g/mol. The maximum Gasteiger partial charge on any atom is 0.379 e. The second-order valence-electron chi connectivity index (χ2n) is 11.9. The van der Waals surface area contributed by atoms with E-state index < -0.39 is 8.80 Å². The zero-order valence-corrected chi connectivity index (χ0v) is 24.8. The molecule has 190 valence electrons. The molecule has 0 saturated heterocycles. The van der Waals surface area contributed by atoms with Crippen molar-refractivity contribution in [2.45, 2.75) is 52.6 Å². The Morgan fingerprint density at radius 1 is 0.436 bits per heavy atom. The lowest BCUT2D eigenvalue weighted by Gasteiger charge is -2.20. The van der Waals surface area contributed by atoms with Gasteiger partial charge in [0.15, 0.2) is 0 Å². The van der Waals surface area contributed by atoms with Gasteiger partial charge in [-0.15, -0.1) is 0 Å².